The first kappa shape index (κ1) is 15.2. The number of benzene rings is 2. The highest BCUT2D eigenvalue weighted by Crippen LogP contribution is 2.31. The first-order valence-electron chi connectivity index (χ1n) is 6.42. The number of aliphatic hydroxyl groups excluding tert-OH is 1. The molecule has 2 atom stereocenters. The van der Waals surface area contributed by atoms with Gasteiger partial charge in [-0.25, -0.2) is 4.39 Å². The second kappa shape index (κ2) is 6.48. The molecule has 2 aromatic rings. The number of nitrogens with two attached hydrogens (primary N) is 1. The van der Waals surface area contributed by atoms with Crippen molar-refractivity contribution >= 4 is 15.9 Å². The lowest BCUT2D eigenvalue weighted by Gasteiger charge is -2.22. The van der Waals surface area contributed by atoms with Crippen molar-refractivity contribution in [2.24, 2.45) is 5.73 Å². The highest BCUT2D eigenvalue weighted by Gasteiger charge is 2.22. The van der Waals surface area contributed by atoms with Crippen LogP contribution in [0, 0.1) is 12.7 Å². The molecule has 0 radical (unpaired) electrons. The lowest BCUT2D eigenvalue weighted by molar-refractivity contribution is 0.147. The molecule has 4 heteroatoms. The van der Waals surface area contributed by atoms with Crippen molar-refractivity contribution in [1.82, 2.24) is 0 Å². The van der Waals surface area contributed by atoms with E-state index < -0.39 is 6.10 Å². The van der Waals surface area contributed by atoms with Gasteiger partial charge in [-0.15, -0.1) is 0 Å². The Hall–Kier alpha value is -1.23. The Bertz CT molecular complexity index is 586. The van der Waals surface area contributed by atoms with Gasteiger partial charge < -0.3 is 10.8 Å². The molecule has 0 aliphatic rings. The molecule has 0 saturated heterocycles. The van der Waals surface area contributed by atoms with Crippen molar-refractivity contribution in [3.8, 4) is 0 Å². The topological polar surface area (TPSA) is 46.2 Å². The first-order chi connectivity index (χ1) is 9.52. The lowest BCUT2D eigenvalue weighted by Crippen LogP contribution is -2.20. The molecule has 0 fully saturated rings. The summed E-state index contributed by atoms with van der Waals surface area (Å²) >= 11 is 3.10. The summed E-state index contributed by atoms with van der Waals surface area (Å²) in [7, 11) is 0. The Morgan fingerprint density at radius 2 is 1.75 bits per heavy atom. The number of aryl methyl sites for hydroxylation is 1. The molecule has 3 N–H and O–H groups in total. The third-order valence-electron chi connectivity index (χ3n) is 3.43. The van der Waals surface area contributed by atoms with Crippen molar-refractivity contribution in [1.29, 1.82) is 0 Å². The lowest BCUT2D eigenvalue weighted by atomic mass is 9.89. The van der Waals surface area contributed by atoms with E-state index in [1.807, 2.05) is 31.2 Å². The fourth-order valence-corrected chi connectivity index (χ4v) is 2.44. The predicted octanol–water partition coefficient (Wildman–Crippen LogP) is 3.67. The van der Waals surface area contributed by atoms with Gasteiger partial charge in [0.15, 0.2) is 0 Å². The van der Waals surface area contributed by atoms with Crippen molar-refractivity contribution in [3.05, 3.63) is 69.4 Å². The zero-order chi connectivity index (χ0) is 14.7. The zero-order valence-electron chi connectivity index (χ0n) is 11.2. The number of hydrogen-bond acceptors (Lipinski definition) is 2. The van der Waals surface area contributed by atoms with Gasteiger partial charge in [-0.2, -0.15) is 0 Å². The monoisotopic (exact) mass is 337 g/mol. The van der Waals surface area contributed by atoms with Gasteiger partial charge in [0.05, 0.1) is 10.6 Å². The van der Waals surface area contributed by atoms with Gasteiger partial charge in [-0.05, 0) is 46.1 Å². The van der Waals surface area contributed by atoms with E-state index in [2.05, 4.69) is 15.9 Å². The highest BCUT2D eigenvalue weighted by molar-refractivity contribution is 9.10. The van der Waals surface area contributed by atoms with Gasteiger partial charge in [-0.3, -0.25) is 0 Å². The van der Waals surface area contributed by atoms with Gasteiger partial charge in [0.2, 0.25) is 0 Å². The molecule has 0 spiro atoms. The largest absolute Gasteiger partial charge is 0.388 e. The van der Waals surface area contributed by atoms with Crippen LogP contribution in [-0.4, -0.2) is 11.7 Å². The van der Waals surface area contributed by atoms with E-state index >= 15 is 0 Å². The first-order valence-corrected chi connectivity index (χ1v) is 7.22. The quantitative estimate of drug-likeness (QED) is 0.893. The van der Waals surface area contributed by atoms with Crippen LogP contribution in [0.1, 0.15) is 28.7 Å². The van der Waals surface area contributed by atoms with E-state index in [-0.39, 0.29) is 11.7 Å². The van der Waals surface area contributed by atoms with Gasteiger partial charge in [-0.1, -0.05) is 35.9 Å². The van der Waals surface area contributed by atoms with E-state index in [1.165, 1.54) is 6.07 Å². The van der Waals surface area contributed by atoms with Crippen LogP contribution in [0.25, 0.3) is 0 Å². The Balaban J connectivity index is 2.30. The minimum atomic E-state index is -0.828. The van der Waals surface area contributed by atoms with Crippen LogP contribution in [0.2, 0.25) is 0 Å². The van der Waals surface area contributed by atoms with Crippen LogP contribution in [0.4, 0.5) is 4.39 Å². The van der Waals surface area contributed by atoms with E-state index in [0.717, 1.165) is 11.1 Å². The molecule has 0 bridgehead atoms. The summed E-state index contributed by atoms with van der Waals surface area (Å²) in [5.41, 5.74) is 8.42. The SMILES string of the molecule is Cc1ccc(C(CN)C(O)c2ccc(Br)c(F)c2)cc1. The van der Waals surface area contributed by atoms with Crippen molar-refractivity contribution in [3.63, 3.8) is 0 Å². The molecule has 2 aromatic carbocycles. The summed E-state index contributed by atoms with van der Waals surface area (Å²) in [5, 5.41) is 10.5. The fraction of sp³-hybridized carbons (Fsp3) is 0.250. The molecular formula is C16H17BrFNO. The summed E-state index contributed by atoms with van der Waals surface area (Å²) in [4.78, 5) is 0. The second-order valence-corrected chi connectivity index (χ2v) is 5.73. The van der Waals surface area contributed by atoms with Crippen molar-refractivity contribution in [2.45, 2.75) is 18.9 Å². The van der Waals surface area contributed by atoms with Gasteiger partial charge >= 0.3 is 0 Å². The molecule has 106 valence electrons. The van der Waals surface area contributed by atoms with E-state index in [4.69, 9.17) is 5.73 Å². The molecule has 0 heterocycles. The summed E-state index contributed by atoms with van der Waals surface area (Å²) in [6.45, 7) is 2.30. The Labute approximate surface area is 126 Å². The minimum Gasteiger partial charge on any atom is -0.388 e. The molecular weight excluding hydrogens is 321 g/mol. The number of aliphatic hydroxyl groups is 1. The summed E-state index contributed by atoms with van der Waals surface area (Å²) in [6, 6.07) is 12.5. The normalized spacial score (nSPS) is 14.1. The van der Waals surface area contributed by atoms with E-state index in [9.17, 15) is 9.50 Å². The molecule has 0 aromatic heterocycles. The number of halogens is 2. The molecule has 0 amide bonds. The van der Waals surface area contributed by atoms with Crippen LogP contribution in [0.5, 0.6) is 0 Å². The molecule has 0 aliphatic carbocycles. The molecule has 0 saturated carbocycles. The maximum atomic E-state index is 13.6. The fourth-order valence-electron chi connectivity index (χ4n) is 2.19. The van der Waals surface area contributed by atoms with E-state index in [1.54, 1.807) is 12.1 Å². The molecule has 2 rings (SSSR count). The van der Waals surface area contributed by atoms with Gasteiger partial charge in [0, 0.05) is 12.5 Å². The Morgan fingerprint density at radius 1 is 1.15 bits per heavy atom. The van der Waals surface area contributed by atoms with Crippen molar-refractivity contribution in [2.75, 3.05) is 6.54 Å². The Kier molecular flexibility index (Phi) is 4.91. The maximum Gasteiger partial charge on any atom is 0.137 e. The second-order valence-electron chi connectivity index (χ2n) is 4.87. The minimum absolute atomic E-state index is 0.254. The van der Waals surface area contributed by atoms with Crippen LogP contribution in [0.15, 0.2) is 46.9 Å². The van der Waals surface area contributed by atoms with Gasteiger partial charge in [0.1, 0.15) is 5.82 Å². The third-order valence-corrected chi connectivity index (χ3v) is 4.07. The van der Waals surface area contributed by atoms with Gasteiger partial charge in [0.25, 0.3) is 0 Å². The van der Waals surface area contributed by atoms with E-state index in [0.29, 0.717) is 16.6 Å². The van der Waals surface area contributed by atoms with Crippen LogP contribution in [0.3, 0.4) is 0 Å². The molecule has 0 aliphatic heterocycles. The predicted molar refractivity (Wildman–Crippen MR) is 82.0 cm³/mol. The third kappa shape index (κ3) is 3.26. The van der Waals surface area contributed by atoms with Crippen LogP contribution in [-0.2, 0) is 0 Å². The molecule has 2 nitrogen and oxygen atoms in total. The summed E-state index contributed by atoms with van der Waals surface area (Å²) < 4.78 is 14.0. The van der Waals surface area contributed by atoms with Crippen molar-refractivity contribution < 1.29 is 9.50 Å². The zero-order valence-corrected chi connectivity index (χ0v) is 12.8. The summed E-state index contributed by atoms with van der Waals surface area (Å²) in [5.74, 6) is -0.641. The number of hydrogen-bond donors (Lipinski definition) is 2. The Morgan fingerprint density at radius 3 is 2.30 bits per heavy atom. The smallest absolute Gasteiger partial charge is 0.137 e. The molecule has 20 heavy (non-hydrogen) atoms. The average Bonchev–Trinajstić information content (AvgIpc) is 2.44. The van der Waals surface area contributed by atoms with Crippen LogP contribution < -0.4 is 5.73 Å². The maximum absolute atomic E-state index is 13.6. The molecule has 2 unspecified atom stereocenters. The highest BCUT2D eigenvalue weighted by atomic mass is 79.9. The van der Waals surface area contributed by atoms with Crippen LogP contribution >= 0.6 is 15.9 Å². The average molecular weight is 338 g/mol. The summed E-state index contributed by atoms with van der Waals surface area (Å²) in [6.07, 6.45) is -0.828. The standard InChI is InChI=1S/C16H17BrFNO/c1-10-2-4-11(5-3-10)13(9-19)16(20)12-6-7-14(17)15(18)8-12/h2-8,13,16,20H,9,19H2,1H3. The number of rotatable bonds is 4.